The Morgan fingerprint density at radius 1 is 0.522 bits per heavy atom. The molecule has 1 N–H and O–H groups in total. The quantitative estimate of drug-likeness (QED) is 0.0411. The summed E-state index contributed by atoms with van der Waals surface area (Å²) in [6.07, 6.45) is 48.0. The van der Waals surface area contributed by atoms with Crippen molar-refractivity contribution in [2.24, 2.45) is 0 Å². The topological polar surface area (TPSA) is 55.8 Å². The Bertz CT molecular complexity index is 644. The van der Waals surface area contributed by atoms with E-state index in [9.17, 15) is 9.90 Å². The Kier molecular flexibility index (Phi) is 39.1. The van der Waals surface area contributed by atoms with Gasteiger partial charge in [-0.1, -0.05) is 186 Å². The molecule has 0 bridgehead atoms. The third-order valence-electron chi connectivity index (χ3n) is 9.03. The van der Waals surface area contributed by atoms with E-state index in [1.807, 2.05) is 0 Å². The first kappa shape index (κ1) is 44.9. The molecule has 0 aromatic rings. The van der Waals surface area contributed by atoms with Crippen LogP contribution < -0.4 is 0 Å². The SMILES string of the molecule is CCCCC/C=C\C/C=C\CCCCCCCCCC(=O)OC(CO)COCCCCCCCCCCCCCCCCCCC. The summed E-state index contributed by atoms with van der Waals surface area (Å²) in [5.41, 5.74) is 0. The molecule has 4 heteroatoms. The van der Waals surface area contributed by atoms with Crippen LogP contribution in [0, 0.1) is 0 Å². The van der Waals surface area contributed by atoms with Crippen LogP contribution in [-0.4, -0.2) is 37.0 Å². The minimum atomic E-state index is -0.533. The predicted octanol–water partition coefficient (Wildman–Crippen LogP) is 13.2. The number of carbonyl (C=O) groups excluding carboxylic acids is 1. The molecule has 0 aliphatic heterocycles. The van der Waals surface area contributed by atoms with Crippen LogP contribution in [0.4, 0.5) is 0 Å². The van der Waals surface area contributed by atoms with Crippen molar-refractivity contribution < 1.29 is 19.4 Å². The lowest BCUT2D eigenvalue weighted by molar-refractivity contribution is -0.154. The molecule has 0 heterocycles. The van der Waals surface area contributed by atoms with Gasteiger partial charge in [-0.05, 0) is 44.9 Å². The van der Waals surface area contributed by atoms with Crippen molar-refractivity contribution in [3.63, 3.8) is 0 Å². The minimum absolute atomic E-state index is 0.171. The van der Waals surface area contributed by atoms with Crippen molar-refractivity contribution in [3.05, 3.63) is 24.3 Å². The lowest BCUT2D eigenvalue weighted by Crippen LogP contribution is -2.27. The van der Waals surface area contributed by atoms with Gasteiger partial charge in [0.15, 0.2) is 0 Å². The van der Waals surface area contributed by atoms with Crippen LogP contribution in [0.3, 0.4) is 0 Å². The number of esters is 1. The fourth-order valence-electron chi connectivity index (χ4n) is 5.95. The smallest absolute Gasteiger partial charge is 0.306 e. The third-order valence-corrected chi connectivity index (χ3v) is 9.03. The molecule has 0 radical (unpaired) electrons. The summed E-state index contributed by atoms with van der Waals surface area (Å²) in [5.74, 6) is -0.206. The van der Waals surface area contributed by atoms with Gasteiger partial charge in [-0.3, -0.25) is 4.79 Å². The molecule has 0 saturated heterocycles. The number of hydrogen-bond donors (Lipinski definition) is 1. The highest BCUT2D eigenvalue weighted by Gasteiger charge is 2.13. The van der Waals surface area contributed by atoms with Gasteiger partial charge in [-0.15, -0.1) is 0 Å². The van der Waals surface area contributed by atoms with E-state index in [1.54, 1.807) is 0 Å². The molecule has 0 fully saturated rings. The lowest BCUT2D eigenvalue weighted by Gasteiger charge is -2.16. The van der Waals surface area contributed by atoms with Crippen molar-refractivity contribution in [1.82, 2.24) is 0 Å². The summed E-state index contributed by atoms with van der Waals surface area (Å²) < 4.78 is 11.1. The molecule has 0 aliphatic rings. The van der Waals surface area contributed by atoms with E-state index in [0.717, 1.165) is 25.7 Å². The predicted molar refractivity (Wildman–Crippen MR) is 201 cm³/mol. The monoisotopic (exact) mass is 649 g/mol. The van der Waals surface area contributed by atoms with Gasteiger partial charge >= 0.3 is 5.97 Å². The number of hydrogen-bond acceptors (Lipinski definition) is 4. The van der Waals surface area contributed by atoms with Crippen molar-refractivity contribution in [1.29, 1.82) is 0 Å². The van der Waals surface area contributed by atoms with Crippen molar-refractivity contribution in [3.8, 4) is 0 Å². The second-order valence-electron chi connectivity index (χ2n) is 13.7. The normalized spacial score (nSPS) is 12.5. The molecule has 0 aliphatic carbocycles. The summed E-state index contributed by atoms with van der Waals surface area (Å²) in [7, 11) is 0. The molecule has 272 valence electrons. The van der Waals surface area contributed by atoms with Crippen LogP contribution in [0.25, 0.3) is 0 Å². The average Bonchev–Trinajstić information content (AvgIpc) is 3.06. The zero-order valence-electron chi connectivity index (χ0n) is 31.1. The van der Waals surface area contributed by atoms with Crippen molar-refractivity contribution >= 4 is 5.97 Å². The van der Waals surface area contributed by atoms with Gasteiger partial charge < -0.3 is 14.6 Å². The maximum atomic E-state index is 12.2. The summed E-state index contributed by atoms with van der Waals surface area (Å²) in [4.78, 5) is 12.2. The Morgan fingerprint density at radius 3 is 1.39 bits per heavy atom. The van der Waals surface area contributed by atoms with Crippen molar-refractivity contribution in [2.75, 3.05) is 19.8 Å². The second-order valence-corrected chi connectivity index (χ2v) is 13.7. The fourth-order valence-corrected chi connectivity index (χ4v) is 5.95. The molecule has 1 atom stereocenters. The van der Waals surface area contributed by atoms with Crippen LogP contribution in [0.2, 0.25) is 0 Å². The molecule has 1 unspecified atom stereocenters. The van der Waals surface area contributed by atoms with E-state index >= 15 is 0 Å². The van der Waals surface area contributed by atoms with E-state index in [4.69, 9.17) is 9.47 Å². The Morgan fingerprint density at radius 2 is 0.913 bits per heavy atom. The van der Waals surface area contributed by atoms with Gasteiger partial charge in [0, 0.05) is 13.0 Å². The minimum Gasteiger partial charge on any atom is -0.457 e. The molecule has 0 spiro atoms. The first-order valence-corrected chi connectivity index (χ1v) is 20.4. The van der Waals surface area contributed by atoms with Crippen LogP contribution in [0.15, 0.2) is 24.3 Å². The van der Waals surface area contributed by atoms with Gasteiger partial charge in [0.1, 0.15) is 6.10 Å². The Hall–Kier alpha value is -1.13. The maximum absolute atomic E-state index is 12.2. The third kappa shape index (κ3) is 37.3. The van der Waals surface area contributed by atoms with Gasteiger partial charge in [-0.2, -0.15) is 0 Å². The zero-order valence-corrected chi connectivity index (χ0v) is 31.1. The molecule has 0 amide bonds. The van der Waals surface area contributed by atoms with Crippen molar-refractivity contribution in [2.45, 2.75) is 219 Å². The number of allylic oxidation sites excluding steroid dienone is 4. The molecule has 0 rings (SSSR count). The molecular formula is C42H80O4. The highest BCUT2D eigenvalue weighted by molar-refractivity contribution is 5.69. The first-order valence-electron chi connectivity index (χ1n) is 20.4. The van der Waals surface area contributed by atoms with Crippen LogP contribution in [-0.2, 0) is 14.3 Å². The fraction of sp³-hybridized carbons (Fsp3) is 0.881. The number of unbranched alkanes of at least 4 members (excludes halogenated alkanes) is 26. The van der Waals surface area contributed by atoms with Gasteiger partial charge in [0.05, 0.1) is 13.2 Å². The second kappa shape index (κ2) is 40.0. The molecule has 0 aromatic carbocycles. The summed E-state index contributed by atoms with van der Waals surface area (Å²) in [6.45, 7) is 5.34. The van der Waals surface area contributed by atoms with E-state index in [2.05, 4.69) is 38.2 Å². The van der Waals surface area contributed by atoms with Gasteiger partial charge in [0.2, 0.25) is 0 Å². The Labute approximate surface area is 288 Å². The molecule has 46 heavy (non-hydrogen) atoms. The maximum Gasteiger partial charge on any atom is 0.306 e. The number of carbonyl (C=O) groups is 1. The molecule has 0 aromatic heterocycles. The van der Waals surface area contributed by atoms with E-state index in [1.165, 1.54) is 167 Å². The zero-order chi connectivity index (χ0) is 33.4. The molecular weight excluding hydrogens is 568 g/mol. The van der Waals surface area contributed by atoms with Crippen LogP contribution in [0.5, 0.6) is 0 Å². The standard InChI is InChI=1S/C42H80O4/c1-3-5-7-9-11-13-15-17-19-21-23-25-27-29-31-33-35-37-42(44)46-41(39-43)40-45-38-36-34-32-30-28-26-24-22-20-18-16-14-12-10-8-6-4-2/h11,13,17,19,41,43H,3-10,12,14-16,18,20-40H2,1-2H3/b13-11-,19-17-. The average molecular weight is 649 g/mol. The highest BCUT2D eigenvalue weighted by atomic mass is 16.6. The number of aliphatic hydroxyl groups is 1. The van der Waals surface area contributed by atoms with Gasteiger partial charge in [0.25, 0.3) is 0 Å². The van der Waals surface area contributed by atoms with Crippen LogP contribution in [0.1, 0.15) is 213 Å². The lowest BCUT2D eigenvalue weighted by atomic mass is 10.0. The van der Waals surface area contributed by atoms with E-state index in [-0.39, 0.29) is 12.6 Å². The molecule has 4 nitrogen and oxygen atoms in total. The van der Waals surface area contributed by atoms with E-state index in [0.29, 0.717) is 19.6 Å². The van der Waals surface area contributed by atoms with E-state index < -0.39 is 6.10 Å². The van der Waals surface area contributed by atoms with Crippen LogP contribution >= 0.6 is 0 Å². The Balaban J connectivity index is 3.41. The number of aliphatic hydroxyl groups excluding tert-OH is 1. The summed E-state index contributed by atoms with van der Waals surface area (Å²) >= 11 is 0. The number of rotatable bonds is 38. The number of ether oxygens (including phenoxy) is 2. The first-order chi connectivity index (χ1) is 22.7. The summed E-state index contributed by atoms with van der Waals surface area (Å²) in [5, 5.41) is 9.58. The summed E-state index contributed by atoms with van der Waals surface area (Å²) in [6, 6.07) is 0. The van der Waals surface area contributed by atoms with Gasteiger partial charge in [-0.25, -0.2) is 0 Å². The highest BCUT2D eigenvalue weighted by Crippen LogP contribution is 2.15. The largest absolute Gasteiger partial charge is 0.457 e. The molecule has 0 saturated carbocycles.